The molecule has 19 heavy (non-hydrogen) atoms. The van der Waals surface area contributed by atoms with Crippen LogP contribution in [-0.4, -0.2) is 22.5 Å². The van der Waals surface area contributed by atoms with E-state index in [-0.39, 0.29) is 11.3 Å². The van der Waals surface area contributed by atoms with Crippen molar-refractivity contribution < 1.29 is 22.8 Å². The number of halogens is 3. The second kappa shape index (κ2) is 4.97. The summed E-state index contributed by atoms with van der Waals surface area (Å²) >= 11 is 0. The molecule has 2 aromatic rings. The molecule has 0 spiro atoms. The molecule has 0 amide bonds. The van der Waals surface area contributed by atoms with E-state index < -0.39 is 19.4 Å². The Morgan fingerprint density at radius 2 is 2.05 bits per heavy atom. The van der Waals surface area contributed by atoms with Gasteiger partial charge in [0.05, 0.1) is 11.3 Å². The molecular weight excluding hydrogens is 260 g/mol. The minimum absolute atomic E-state index is 0.166. The summed E-state index contributed by atoms with van der Waals surface area (Å²) in [4.78, 5) is 0. The van der Waals surface area contributed by atoms with Crippen molar-refractivity contribution in [1.29, 1.82) is 0 Å². The molecule has 1 aromatic carbocycles. The predicted octanol–water partition coefficient (Wildman–Crippen LogP) is 1.74. The van der Waals surface area contributed by atoms with Gasteiger partial charge in [-0.05, 0) is 24.3 Å². The molecule has 1 aromatic heterocycles. The van der Waals surface area contributed by atoms with Crippen molar-refractivity contribution in [2.45, 2.75) is 6.18 Å². The number of aryl methyl sites for hydroxylation is 1. The van der Waals surface area contributed by atoms with Crippen LogP contribution in [0, 0.1) is 0 Å². The van der Waals surface area contributed by atoms with Gasteiger partial charge in [0, 0.05) is 18.8 Å². The van der Waals surface area contributed by atoms with E-state index in [1.807, 2.05) is 0 Å². The Balaban J connectivity index is 2.58. The van der Waals surface area contributed by atoms with Crippen LogP contribution in [0.5, 0.6) is 5.75 Å². The monoisotopic (exact) mass is 270 g/mol. The van der Waals surface area contributed by atoms with Crippen molar-refractivity contribution in [3.8, 4) is 17.0 Å². The summed E-state index contributed by atoms with van der Waals surface area (Å²) in [6.45, 7) is 0. The normalized spacial score (nSPS) is 11.4. The second-order valence-corrected chi connectivity index (χ2v) is 3.82. The molecule has 0 bridgehead atoms. The molecule has 1 heterocycles. The summed E-state index contributed by atoms with van der Waals surface area (Å²) in [7, 11) is 0.995. The van der Waals surface area contributed by atoms with Gasteiger partial charge in [0.15, 0.2) is 0 Å². The van der Waals surface area contributed by atoms with E-state index in [2.05, 4.69) is 5.10 Å². The minimum atomic E-state index is -4.44. The zero-order valence-electron chi connectivity index (χ0n) is 9.98. The molecule has 0 saturated carbocycles. The fourth-order valence-corrected chi connectivity index (χ4v) is 1.74. The number of hydrogen-bond donors (Lipinski definition) is 1. The molecule has 0 aliphatic carbocycles. The lowest BCUT2D eigenvalue weighted by molar-refractivity contribution is -0.137. The molecule has 100 valence electrons. The first-order chi connectivity index (χ1) is 8.93. The maximum atomic E-state index is 12.7. The van der Waals surface area contributed by atoms with Crippen LogP contribution in [0.3, 0.4) is 0 Å². The van der Waals surface area contributed by atoms with Gasteiger partial charge in [-0.2, -0.15) is 18.3 Å². The third kappa shape index (κ3) is 2.73. The average Bonchev–Trinajstić information content (AvgIpc) is 2.75. The summed E-state index contributed by atoms with van der Waals surface area (Å²) in [6, 6.07) is 4.63. The van der Waals surface area contributed by atoms with Crippen LogP contribution in [-0.2, 0) is 13.2 Å². The SMILES string of the molecule is Cn1nccc1-c1cc(C(F)(F)F)ccc1OBO. The standard InChI is InChI=1S/C11H10BF3N2O2/c1-17-9(4-5-16-17)8-6-7(11(13,14)15)2-3-10(8)19-12-18/h2-6,12,18H,1H3. The molecule has 0 saturated heterocycles. The Morgan fingerprint density at radius 1 is 1.32 bits per heavy atom. The lowest BCUT2D eigenvalue weighted by atomic mass is 10.1. The Morgan fingerprint density at radius 3 is 2.58 bits per heavy atom. The summed E-state index contributed by atoms with van der Waals surface area (Å²) in [5.74, 6) is 0.166. The van der Waals surface area contributed by atoms with E-state index in [0.29, 0.717) is 5.69 Å². The van der Waals surface area contributed by atoms with Crippen molar-refractivity contribution >= 4 is 7.69 Å². The fraction of sp³-hybridized carbons (Fsp3) is 0.182. The van der Waals surface area contributed by atoms with Crippen molar-refractivity contribution in [3.05, 3.63) is 36.0 Å². The number of alkyl halides is 3. The molecular formula is C11H10BF3N2O2. The minimum Gasteiger partial charge on any atom is -0.538 e. The lowest BCUT2D eigenvalue weighted by Gasteiger charge is -2.13. The van der Waals surface area contributed by atoms with Crippen LogP contribution in [0.1, 0.15) is 5.56 Å². The van der Waals surface area contributed by atoms with Gasteiger partial charge in [-0.15, -0.1) is 0 Å². The zero-order chi connectivity index (χ0) is 14.0. The summed E-state index contributed by atoms with van der Waals surface area (Å²) in [5, 5.41) is 12.7. The van der Waals surface area contributed by atoms with E-state index in [9.17, 15) is 13.2 Å². The predicted molar refractivity (Wildman–Crippen MR) is 63.6 cm³/mol. The average molecular weight is 270 g/mol. The van der Waals surface area contributed by atoms with Crippen molar-refractivity contribution in [2.24, 2.45) is 7.05 Å². The molecule has 0 aliphatic rings. The number of rotatable bonds is 3. The number of benzene rings is 1. The number of hydrogen-bond acceptors (Lipinski definition) is 3. The fourth-order valence-electron chi connectivity index (χ4n) is 1.74. The summed E-state index contributed by atoms with van der Waals surface area (Å²) < 4.78 is 44.5. The van der Waals surface area contributed by atoms with E-state index in [1.165, 1.54) is 16.9 Å². The highest BCUT2D eigenvalue weighted by Gasteiger charge is 2.31. The van der Waals surface area contributed by atoms with Gasteiger partial charge in [-0.1, -0.05) is 0 Å². The maximum absolute atomic E-state index is 12.7. The molecule has 0 fully saturated rings. The Labute approximate surface area is 107 Å². The maximum Gasteiger partial charge on any atom is 0.504 e. The highest BCUT2D eigenvalue weighted by molar-refractivity contribution is 6.17. The molecule has 0 unspecified atom stereocenters. The molecule has 0 radical (unpaired) electrons. The lowest BCUT2D eigenvalue weighted by Crippen LogP contribution is -2.08. The van der Waals surface area contributed by atoms with Crippen molar-refractivity contribution in [1.82, 2.24) is 9.78 Å². The van der Waals surface area contributed by atoms with Gasteiger partial charge in [0.2, 0.25) is 0 Å². The Kier molecular flexibility index (Phi) is 3.52. The highest BCUT2D eigenvalue weighted by atomic mass is 19.4. The molecule has 8 heteroatoms. The summed E-state index contributed by atoms with van der Waals surface area (Å²) in [5.41, 5.74) is -0.0904. The first-order valence-electron chi connectivity index (χ1n) is 5.37. The molecule has 1 N–H and O–H groups in total. The third-order valence-corrected chi connectivity index (χ3v) is 2.62. The molecule has 4 nitrogen and oxygen atoms in total. The van der Waals surface area contributed by atoms with Gasteiger partial charge >= 0.3 is 13.9 Å². The number of nitrogens with zero attached hydrogens (tertiary/aromatic N) is 2. The van der Waals surface area contributed by atoms with Gasteiger partial charge in [0.1, 0.15) is 5.75 Å². The van der Waals surface area contributed by atoms with Crippen LogP contribution in [0.4, 0.5) is 13.2 Å². The van der Waals surface area contributed by atoms with E-state index >= 15 is 0 Å². The number of aromatic nitrogens is 2. The van der Waals surface area contributed by atoms with Crippen LogP contribution in [0.2, 0.25) is 0 Å². The van der Waals surface area contributed by atoms with Gasteiger partial charge in [-0.25, -0.2) is 0 Å². The van der Waals surface area contributed by atoms with E-state index in [4.69, 9.17) is 9.68 Å². The Hall–Kier alpha value is -1.96. The third-order valence-electron chi connectivity index (χ3n) is 2.62. The van der Waals surface area contributed by atoms with Crippen molar-refractivity contribution in [2.75, 3.05) is 0 Å². The summed E-state index contributed by atoms with van der Waals surface area (Å²) in [6.07, 6.45) is -2.97. The van der Waals surface area contributed by atoms with Gasteiger partial charge in [0.25, 0.3) is 0 Å². The van der Waals surface area contributed by atoms with Crippen molar-refractivity contribution in [3.63, 3.8) is 0 Å². The van der Waals surface area contributed by atoms with Gasteiger partial charge < -0.3 is 9.68 Å². The van der Waals surface area contributed by atoms with Gasteiger partial charge in [-0.3, -0.25) is 4.68 Å². The molecule has 0 atom stereocenters. The highest BCUT2D eigenvalue weighted by Crippen LogP contribution is 2.36. The van der Waals surface area contributed by atoms with Crippen LogP contribution < -0.4 is 4.65 Å². The van der Waals surface area contributed by atoms with Crippen LogP contribution in [0.15, 0.2) is 30.5 Å². The zero-order valence-corrected chi connectivity index (χ0v) is 9.98. The smallest absolute Gasteiger partial charge is 0.504 e. The molecule has 0 aliphatic heterocycles. The van der Waals surface area contributed by atoms with Crippen LogP contribution in [0.25, 0.3) is 11.3 Å². The van der Waals surface area contributed by atoms with E-state index in [1.54, 1.807) is 13.1 Å². The van der Waals surface area contributed by atoms with Crippen LogP contribution >= 0.6 is 0 Å². The topological polar surface area (TPSA) is 47.3 Å². The largest absolute Gasteiger partial charge is 0.538 e. The first kappa shape index (κ1) is 13.5. The van der Waals surface area contributed by atoms with E-state index in [0.717, 1.165) is 12.1 Å². The Bertz CT molecular complexity index is 584. The quantitative estimate of drug-likeness (QED) is 0.864. The second-order valence-electron chi connectivity index (χ2n) is 3.82. The first-order valence-corrected chi connectivity index (χ1v) is 5.37. The molecule has 2 rings (SSSR count).